The minimum atomic E-state index is -3.57. The number of carbonyl (C=O) groups excluding carboxylic acids is 1. The third-order valence-corrected chi connectivity index (χ3v) is 5.91. The maximum Gasteiger partial charge on any atom is 0.308 e. The van der Waals surface area contributed by atoms with Crippen molar-refractivity contribution in [2.45, 2.75) is 80.3 Å². The van der Waals surface area contributed by atoms with Gasteiger partial charge in [0.15, 0.2) is 0 Å². The first-order valence-corrected chi connectivity index (χ1v) is 11.7. The second-order valence-corrected chi connectivity index (χ2v) is 10.8. The van der Waals surface area contributed by atoms with Crippen molar-refractivity contribution >= 4 is 16.0 Å². The number of carbonyl (C=O) groups is 1. The molecule has 0 aliphatic rings. The van der Waals surface area contributed by atoms with E-state index < -0.39 is 10.1 Å². The molecule has 0 aromatic heterocycles. The van der Waals surface area contributed by atoms with Crippen LogP contribution in [0.5, 0.6) is 5.75 Å². The largest absolute Gasteiger partial charge is 0.382 e. The highest BCUT2D eigenvalue weighted by molar-refractivity contribution is 7.87. The Morgan fingerprint density at radius 2 is 1.82 bits per heavy atom. The highest BCUT2D eigenvalue weighted by Gasteiger charge is 2.24. The van der Waals surface area contributed by atoms with Gasteiger partial charge in [0, 0.05) is 19.0 Å². The van der Waals surface area contributed by atoms with Gasteiger partial charge in [-0.1, -0.05) is 46.8 Å². The minimum absolute atomic E-state index is 0.0830. The molecule has 0 saturated carbocycles. The van der Waals surface area contributed by atoms with E-state index >= 15 is 0 Å². The highest BCUT2D eigenvalue weighted by Crippen LogP contribution is 2.27. The quantitative estimate of drug-likeness (QED) is 0.508. The second-order valence-electron chi connectivity index (χ2n) is 8.93. The molecule has 0 unspecified atom stereocenters. The van der Waals surface area contributed by atoms with Gasteiger partial charge >= 0.3 is 10.1 Å². The SMILES string of the molecule is CC[C@H](C)N(Cc1cccc(OS(=O)(=O)CC)c1)C(=O)C[C@H](C)CC(C)(C)C. The van der Waals surface area contributed by atoms with Gasteiger partial charge in [0.05, 0.1) is 5.75 Å². The molecule has 0 saturated heterocycles. The van der Waals surface area contributed by atoms with Crippen LogP contribution in [0.2, 0.25) is 0 Å². The van der Waals surface area contributed by atoms with E-state index in [1.165, 1.54) is 0 Å². The lowest BCUT2D eigenvalue weighted by molar-refractivity contribution is -0.135. The van der Waals surface area contributed by atoms with Gasteiger partial charge in [0.25, 0.3) is 0 Å². The molecule has 5 nitrogen and oxygen atoms in total. The number of nitrogens with zero attached hydrogens (tertiary/aromatic N) is 1. The Balaban J connectivity index is 2.93. The summed E-state index contributed by atoms with van der Waals surface area (Å²) in [6.07, 6.45) is 2.37. The standard InChI is InChI=1S/C22H37NO4S/c1-8-18(4)23(21(24)13-17(3)15-22(5,6)7)16-19-11-10-12-20(14-19)27-28(25,26)9-2/h10-12,14,17-18H,8-9,13,15-16H2,1-7H3/t17-,18-/m0/s1. The smallest absolute Gasteiger partial charge is 0.308 e. The van der Waals surface area contributed by atoms with Crippen LogP contribution in [-0.4, -0.2) is 31.0 Å². The van der Waals surface area contributed by atoms with E-state index in [-0.39, 0.29) is 28.9 Å². The normalized spacial score (nSPS) is 14.4. The van der Waals surface area contributed by atoms with Gasteiger partial charge in [-0.15, -0.1) is 0 Å². The lowest BCUT2D eigenvalue weighted by Crippen LogP contribution is -2.38. The number of benzene rings is 1. The fourth-order valence-electron chi connectivity index (χ4n) is 3.34. The number of hydrogen-bond acceptors (Lipinski definition) is 4. The summed E-state index contributed by atoms with van der Waals surface area (Å²) in [5, 5.41) is 0. The van der Waals surface area contributed by atoms with E-state index in [1.807, 2.05) is 17.9 Å². The summed E-state index contributed by atoms with van der Waals surface area (Å²) in [7, 11) is -3.57. The fraction of sp³-hybridized carbons (Fsp3) is 0.682. The molecule has 1 aromatic carbocycles. The molecule has 1 amide bonds. The molecule has 0 heterocycles. The van der Waals surface area contributed by atoms with Gasteiger partial charge in [-0.05, 0) is 55.7 Å². The average molecular weight is 412 g/mol. The van der Waals surface area contributed by atoms with E-state index in [0.717, 1.165) is 18.4 Å². The van der Waals surface area contributed by atoms with Crippen LogP contribution >= 0.6 is 0 Å². The molecule has 1 aromatic rings. The maximum absolute atomic E-state index is 13.0. The number of rotatable bonds is 10. The molecule has 28 heavy (non-hydrogen) atoms. The summed E-state index contributed by atoms with van der Waals surface area (Å²) < 4.78 is 28.5. The molecule has 2 atom stereocenters. The van der Waals surface area contributed by atoms with E-state index in [4.69, 9.17) is 4.18 Å². The van der Waals surface area contributed by atoms with Crippen LogP contribution in [-0.2, 0) is 21.5 Å². The predicted octanol–water partition coefficient (Wildman–Crippen LogP) is 5.00. The molecule has 0 N–H and O–H groups in total. The van der Waals surface area contributed by atoms with Crippen LogP contribution in [0.4, 0.5) is 0 Å². The summed E-state index contributed by atoms with van der Waals surface area (Å²) in [6.45, 7) is 14.8. The number of hydrogen-bond donors (Lipinski definition) is 0. The molecule has 0 spiro atoms. The topological polar surface area (TPSA) is 63.7 Å². The van der Waals surface area contributed by atoms with Crippen molar-refractivity contribution in [3.63, 3.8) is 0 Å². The Bertz CT molecular complexity index is 737. The van der Waals surface area contributed by atoms with E-state index in [2.05, 4.69) is 34.6 Å². The first kappa shape index (κ1) is 24.5. The van der Waals surface area contributed by atoms with Crippen molar-refractivity contribution < 1.29 is 17.4 Å². The molecule has 0 aliphatic heterocycles. The summed E-state index contributed by atoms with van der Waals surface area (Å²) in [5.74, 6) is 0.652. The third-order valence-electron chi connectivity index (χ3n) is 4.76. The molecule has 160 valence electrons. The van der Waals surface area contributed by atoms with Gasteiger partial charge in [-0.3, -0.25) is 4.79 Å². The van der Waals surface area contributed by atoms with Crippen LogP contribution in [0.25, 0.3) is 0 Å². The Labute approximate surface area is 171 Å². The van der Waals surface area contributed by atoms with E-state index in [0.29, 0.717) is 18.9 Å². The van der Waals surface area contributed by atoms with Crippen LogP contribution in [0.3, 0.4) is 0 Å². The first-order chi connectivity index (χ1) is 12.9. The molecule has 0 radical (unpaired) electrons. The summed E-state index contributed by atoms with van der Waals surface area (Å²) >= 11 is 0. The Morgan fingerprint density at radius 3 is 2.36 bits per heavy atom. The van der Waals surface area contributed by atoms with Crippen LogP contribution in [0, 0.1) is 11.3 Å². The maximum atomic E-state index is 13.0. The molecular formula is C22H37NO4S. The zero-order valence-corrected chi connectivity index (χ0v) is 19.3. The van der Waals surface area contributed by atoms with Crippen molar-refractivity contribution in [2.75, 3.05) is 5.75 Å². The second kappa shape index (κ2) is 10.3. The fourth-order valence-corrected chi connectivity index (χ4v) is 3.86. The summed E-state index contributed by atoms with van der Waals surface area (Å²) in [5.41, 5.74) is 1.05. The lowest BCUT2D eigenvalue weighted by atomic mass is 9.84. The van der Waals surface area contributed by atoms with Gasteiger partial charge in [-0.25, -0.2) is 0 Å². The van der Waals surface area contributed by atoms with Crippen LogP contribution in [0.15, 0.2) is 24.3 Å². The molecule has 0 aliphatic carbocycles. The molecule has 0 fully saturated rings. The summed E-state index contributed by atoms with van der Waals surface area (Å²) in [6, 6.07) is 7.09. The number of amides is 1. The predicted molar refractivity (Wildman–Crippen MR) is 115 cm³/mol. The Kier molecular flexibility index (Phi) is 8.99. The average Bonchev–Trinajstić information content (AvgIpc) is 2.57. The van der Waals surface area contributed by atoms with E-state index in [1.54, 1.807) is 25.1 Å². The first-order valence-electron chi connectivity index (χ1n) is 10.2. The van der Waals surface area contributed by atoms with Crippen molar-refractivity contribution in [3.8, 4) is 5.75 Å². The van der Waals surface area contributed by atoms with Crippen LogP contribution < -0.4 is 4.18 Å². The van der Waals surface area contributed by atoms with Crippen molar-refractivity contribution in [1.82, 2.24) is 4.90 Å². The third kappa shape index (κ3) is 8.63. The van der Waals surface area contributed by atoms with Crippen molar-refractivity contribution in [2.24, 2.45) is 11.3 Å². The van der Waals surface area contributed by atoms with Crippen molar-refractivity contribution in [1.29, 1.82) is 0 Å². The van der Waals surface area contributed by atoms with Gasteiger partial charge in [0.1, 0.15) is 5.75 Å². The monoisotopic (exact) mass is 411 g/mol. The molecular weight excluding hydrogens is 374 g/mol. The van der Waals surface area contributed by atoms with Gasteiger partial charge < -0.3 is 9.08 Å². The minimum Gasteiger partial charge on any atom is -0.382 e. The molecule has 1 rings (SSSR count). The van der Waals surface area contributed by atoms with E-state index in [9.17, 15) is 13.2 Å². The lowest BCUT2D eigenvalue weighted by Gasteiger charge is -2.31. The highest BCUT2D eigenvalue weighted by atomic mass is 32.2. The van der Waals surface area contributed by atoms with Crippen LogP contribution in [0.1, 0.15) is 73.3 Å². The van der Waals surface area contributed by atoms with Gasteiger partial charge in [0.2, 0.25) is 5.91 Å². The van der Waals surface area contributed by atoms with Crippen molar-refractivity contribution in [3.05, 3.63) is 29.8 Å². The zero-order valence-electron chi connectivity index (χ0n) is 18.5. The van der Waals surface area contributed by atoms with Gasteiger partial charge in [-0.2, -0.15) is 8.42 Å². The zero-order chi connectivity index (χ0) is 21.5. The Morgan fingerprint density at radius 1 is 1.18 bits per heavy atom. The molecule has 6 heteroatoms. The Hall–Kier alpha value is -1.56. The molecule has 0 bridgehead atoms. The summed E-state index contributed by atoms with van der Waals surface area (Å²) in [4.78, 5) is 14.9.